The standard InChI is InChI=1S/C24H16FNO5/c25-18-12-5-4-11-17(18)20-19(21(27)14-7-2-1-3-8-14)22(28)23(29)26(20)16-10-6-9-15(13-16)24(30)31/h1-13,20,27H,(H,30,31)/b21-19-. The highest BCUT2D eigenvalue weighted by molar-refractivity contribution is 6.51. The fraction of sp³-hybridized carbons (Fsp3) is 0.0417. The molecule has 2 N–H and O–H groups in total. The van der Waals surface area contributed by atoms with E-state index in [0.29, 0.717) is 5.56 Å². The molecule has 1 amide bonds. The van der Waals surface area contributed by atoms with Crippen molar-refractivity contribution in [3.05, 3.63) is 107 Å². The van der Waals surface area contributed by atoms with E-state index in [1.54, 1.807) is 36.4 Å². The summed E-state index contributed by atoms with van der Waals surface area (Å²) in [6.45, 7) is 0. The maximum Gasteiger partial charge on any atom is 0.335 e. The summed E-state index contributed by atoms with van der Waals surface area (Å²) in [5.74, 6) is -4.31. The van der Waals surface area contributed by atoms with Gasteiger partial charge in [0.1, 0.15) is 11.6 Å². The summed E-state index contributed by atoms with van der Waals surface area (Å²) in [6, 6.07) is 17.9. The van der Waals surface area contributed by atoms with Crippen LogP contribution in [0.3, 0.4) is 0 Å². The lowest BCUT2D eigenvalue weighted by Gasteiger charge is -2.26. The number of ketones is 1. The van der Waals surface area contributed by atoms with Crippen LogP contribution in [-0.4, -0.2) is 27.9 Å². The maximum atomic E-state index is 14.8. The zero-order chi connectivity index (χ0) is 22.1. The number of carbonyl (C=O) groups is 3. The number of aromatic carboxylic acids is 1. The normalized spacial score (nSPS) is 17.7. The van der Waals surface area contributed by atoms with Crippen LogP contribution in [0.5, 0.6) is 0 Å². The van der Waals surface area contributed by atoms with E-state index in [9.17, 15) is 29.0 Å². The van der Waals surface area contributed by atoms with Crippen molar-refractivity contribution in [2.24, 2.45) is 0 Å². The van der Waals surface area contributed by atoms with Crippen LogP contribution in [0.2, 0.25) is 0 Å². The summed E-state index contributed by atoms with van der Waals surface area (Å²) in [4.78, 5) is 38.4. The monoisotopic (exact) mass is 417 g/mol. The number of rotatable bonds is 4. The lowest BCUT2D eigenvalue weighted by Crippen LogP contribution is -2.30. The van der Waals surface area contributed by atoms with E-state index in [1.807, 2.05) is 0 Å². The molecule has 0 aromatic heterocycles. The first-order chi connectivity index (χ1) is 14.9. The first kappa shape index (κ1) is 20.0. The van der Waals surface area contributed by atoms with E-state index in [0.717, 1.165) is 4.90 Å². The van der Waals surface area contributed by atoms with Crippen LogP contribution in [0, 0.1) is 5.82 Å². The molecule has 1 saturated heterocycles. The van der Waals surface area contributed by atoms with Crippen LogP contribution in [0.4, 0.5) is 10.1 Å². The quantitative estimate of drug-likeness (QED) is 0.378. The number of halogens is 1. The lowest BCUT2D eigenvalue weighted by atomic mass is 9.94. The Kier molecular flexibility index (Phi) is 5.09. The molecule has 31 heavy (non-hydrogen) atoms. The summed E-state index contributed by atoms with van der Waals surface area (Å²) >= 11 is 0. The number of nitrogens with zero attached hydrogens (tertiary/aromatic N) is 1. The summed E-state index contributed by atoms with van der Waals surface area (Å²) in [5.41, 5.74) is 0.0140. The minimum absolute atomic E-state index is 0.0000841. The molecule has 1 fully saturated rings. The van der Waals surface area contributed by atoms with Gasteiger partial charge in [0.25, 0.3) is 11.7 Å². The van der Waals surface area contributed by atoms with Gasteiger partial charge in [0.15, 0.2) is 0 Å². The van der Waals surface area contributed by atoms with E-state index in [2.05, 4.69) is 0 Å². The summed E-state index contributed by atoms with van der Waals surface area (Å²) in [5, 5.41) is 20.2. The molecular weight excluding hydrogens is 401 g/mol. The summed E-state index contributed by atoms with van der Waals surface area (Å²) in [6.07, 6.45) is 0. The number of carboxylic acids is 1. The second kappa shape index (κ2) is 7.87. The second-order valence-electron chi connectivity index (χ2n) is 6.91. The second-order valence-corrected chi connectivity index (χ2v) is 6.91. The fourth-order valence-electron chi connectivity index (χ4n) is 3.63. The van der Waals surface area contributed by atoms with Crippen molar-refractivity contribution in [2.45, 2.75) is 6.04 Å². The predicted molar refractivity (Wildman–Crippen MR) is 111 cm³/mol. The largest absolute Gasteiger partial charge is 0.507 e. The van der Waals surface area contributed by atoms with E-state index in [1.165, 1.54) is 42.5 Å². The number of aliphatic hydroxyl groups is 1. The van der Waals surface area contributed by atoms with E-state index < -0.39 is 35.3 Å². The minimum atomic E-state index is -1.27. The number of hydrogen-bond acceptors (Lipinski definition) is 4. The van der Waals surface area contributed by atoms with Crippen LogP contribution < -0.4 is 4.90 Å². The van der Waals surface area contributed by atoms with Gasteiger partial charge in [0, 0.05) is 16.8 Å². The molecule has 1 aliphatic heterocycles. The third kappa shape index (κ3) is 3.46. The zero-order valence-corrected chi connectivity index (χ0v) is 16.0. The molecule has 3 aromatic carbocycles. The Morgan fingerprint density at radius 2 is 1.48 bits per heavy atom. The highest BCUT2D eigenvalue weighted by Crippen LogP contribution is 2.43. The molecule has 0 spiro atoms. The van der Waals surface area contributed by atoms with Gasteiger partial charge in [-0.15, -0.1) is 0 Å². The molecule has 1 atom stereocenters. The Bertz CT molecular complexity index is 1240. The number of anilines is 1. The number of amides is 1. The highest BCUT2D eigenvalue weighted by atomic mass is 19.1. The first-order valence-electron chi connectivity index (χ1n) is 9.34. The van der Waals surface area contributed by atoms with Crippen LogP contribution >= 0.6 is 0 Å². The van der Waals surface area contributed by atoms with Gasteiger partial charge >= 0.3 is 5.97 Å². The van der Waals surface area contributed by atoms with Gasteiger partial charge < -0.3 is 10.2 Å². The van der Waals surface area contributed by atoms with E-state index in [4.69, 9.17) is 0 Å². The average molecular weight is 417 g/mol. The molecule has 0 saturated carbocycles. The minimum Gasteiger partial charge on any atom is -0.507 e. The number of benzene rings is 3. The van der Waals surface area contributed by atoms with Crippen molar-refractivity contribution >= 4 is 29.1 Å². The van der Waals surface area contributed by atoms with Gasteiger partial charge in [0.05, 0.1) is 17.2 Å². The van der Waals surface area contributed by atoms with Crippen LogP contribution in [-0.2, 0) is 9.59 Å². The molecule has 6 nitrogen and oxygen atoms in total. The molecule has 1 heterocycles. The van der Waals surface area contributed by atoms with Crippen LogP contribution in [0.1, 0.15) is 27.5 Å². The van der Waals surface area contributed by atoms with Crippen molar-refractivity contribution in [2.75, 3.05) is 4.90 Å². The number of aliphatic hydroxyl groups excluding tert-OH is 1. The number of carbonyl (C=O) groups excluding carboxylic acids is 2. The topological polar surface area (TPSA) is 94.9 Å². The van der Waals surface area contributed by atoms with Crippen molar-refractivity contribution in [1.82, 2.24) is 0 Å². The van der Waals surface area contributed by atoms with Gasteiger partial charge in [-0.05, 0) is 24.3 Å². The van der Waals surface area contributed by atoms with Gasteiger partial charge in [-0.3, -0.25) is 14.5 Å². The molecular formula is C24H16FNO5. The van der Waals surface area contributed by atoms with E-state index in [-0.39, 0.29) is 22.4 Å². The summed E-state index contributed by atoms with van der Waals surface area (Å²) < 4.78 is 14.8. The third-order valence-electron chi connectivity index (χ3n) is 5.06. The molecule has 0 bridgehead atoms. The van der Waals surface area contributed by atoms with Gasteiger partial charge in [0.2, 0.25) is 0 Å². The van der Waals surface area contributed by atoms with E-state index >= 15 is 0 Å². The van der Waals surface area contributed by atoms with Gasteiger partial charge in [-0.1, -0.05) is 54.6 Å². The molecule has 0 radical (unpaired) electrons. The molecule has 1 unspecified atom stereocenters. The molecule has 7 heteroatoms. The Morgan fingerprint density at radius 3 is 2.16 bits per heavy atom. The maximum absolute atomic E-state index is 14.8. The highest BCUT2D eigenvalue weighted by Gasteiger charge is 2.47. The van der Waals surface area contributed by atoms with Crippen molar-refractivity contribution in [1.29, 1.82) is 0 Å². The average Bonchev–Trinajstić information content (AvgIpc) is 3.04. The Balaban J connectivity index is 1.98. The molecule has 3 aromatic rings. The zero-order valence-electron chi connectivity index (χ0n) is 16.0. The third-order valence-corrected chi connectivity index (χ3v) is 5.06. The Labute approximate surface area is 176 Å². The molecule has 1 aliphatic rings. The molecule has 0 aliphatic carbocycles. The van der Waals surface area contributed by atoms with Crippen molar-refractivity contribution in [3.63, 3.8) is 0 Å². The first-order valence-corrected chi connectivity index (χ1v) is 9.34. The predicted octanol–water partition coefficient (Wildman–Crippen LogP) is 4.15. The van der Waals surface area contributed by atoms with Crippen molar-refractivity contribution in [3.8, 4) is 0 Å². The Hall–Kier alpha value is -4.26. The summed E-state index contributed by atoms with van der Waals surface area (Å²) in [7, 11) is 0. The fourth-order valence-corrected chi connectivity index (χ4v) is 3.63. The van der Waals surface area contributed by atoms with Crippen LogP contribution in [0.25, 0.3) is 5.76 Å². The number of Topliss-reactive ketones (excluding diaryl/α,β-unsaturated/α-hetero) is 1. The van der Waals surface area contributed by atoms with Gasteiger partial charge in [-0.25, -0.2) is 9.18 Å². The molecule has 4 rings (SSSR count). The smallest absolute Gasteiger partial charge is 0.335 e. The molecule has 154 valence electrons. The van der Waals surface area contributed by atoms with Gasteiger partial charge in [-0.2, -0.15) is 0 Å². The SMILES string of the molecule is O=C1C(=O)N(c2cccc(C(=O)O)c2)C(c2ccccc2F)/C1=C(/O)c1ccccc1. The number of hydrogen-bond donors (Lipinski definition) is 2. The Morgan fingerprint density at radius 1 is 0.839 bits per heavy atom. The van der Waals surface area contributed by atoms with Crippen LogP contribution in [0.15, 0.2) is 84.4 Å². The lowest BCUT2D eigenvalue weighted by molar-refractivity contribution is -0.132. The van der Waals surface area contributed by atoms with Crippen molar-refractivity contribution < 1.29 is 29.0 Å². The number of carboxylic acid groups (broad SMARTS) is 1.